The molecule has 11 heteroatoms. The number of fused-ring (bicyclic) bond motifs is 2. The normalized spacial score (nSPS) is 18.8. The highest BCUT2D eigenvalue weighted by atomic mass is 16.5. The summed E-state index contributed by atoms with van der Waals surface area (Å²) in [6, 6.07) is 5.62. The molecule has 0 bridgehead atoms. The van der Waals surface area contributed by atoms with Gasteiger partial charge >= 0.3 is 0 Å². The molecule has 11 nitrogen and oxygen atoms in total. The van der Waals surface area contributed by atoms with E-state index >= 15 is 0 Å². The number of aliphatic hydroxyl groups is 1. The van der Waals surface area contributed by atoms with Crippen LogP contribution in [0.5, 0.6) is 5.75 Å². The molecule has 4 aromatic rings. The van der Waals surface area contributed by atoms with Crippen LogP contribution in [-0.2, 0) is 4.79 Å². The Kier molecular flexibility index (Phi) is 6.31. The van der Waals surface area contributed by atoms with Crippen molar-refractivity contribution in [1.82, 2.24) is 29.3 Å². The highest BCUT2D eigenvalue weighted by Crippen LogP contribution is 2.33. The molecule has 0 saturated heterocycles. The molecule has 3 heterocycles. The first kappa shape index (κ1) is 23.7. The molecule has 1 fully saturated rings. The fraction of sp³-hybridized carbons (Fsp3) is 0.400. The van der Waals surface area contributed by atoms with Gasteiger partial charge < -0.3 is 20.1 Å². The molecule has 1 aliphatic carbocycles. The standard InChI is InChI=1S/C25H29N7O4/c1-15(33)25(35)30(2)17-5-7-18(8-6-17)32-14-16-11-19(22(36-3)12-20(16)29-32)24(34)28-21-13-27-31-10-4-9-26-23(21)31/h4,9-15,17-18,33H,5-8H2,1-3H3,(H,28,34)/t15-,17-,18-/m1/s1. The Hall–Kier alpha value is -3.99. The zero-order chi connectivity index (χ0) is 25.4. The molecule has 1 atom stereocenters. The van der Waals surface area contributed by atoms with Gasteiger partial charge in [0.2, 0.25) is 0 Å². The Morgan fingerprint density at radius 2 is 2.03 bits per heavy atom. The van der Waals surface area contributed by atoms with Gasteiger partial charge in [-0.15, -0.1) is 0 Å². The van der Waals surface area contributed by atoms with Gasteiger partial charge in [-0.05, 0) is 44.7 Å². The molecule has 1 saturated carbocycles. The Labute approximate surface area is 207 Å². The Bertz CT molecular complexity index is 1420. The van der Waals surface area contributed by atoms with Crippen LogP contribution in [0.2, 0.25) is 0 Å². The van der Waals surface area contributed by atoms with E-state index in [1.54, 1.807) is 53.3 Å². The third-order valence-corrected chi connectivity index (χ3v) is 6.91. The molecule has 0 radical (unpaired) electrons. The smallest absolute Gasteiger partial charge is 0.259 e. The van der Waals surface area contributed by atoms with E-state index in [1.807, 2.05) is 10.9 Å². The molecular formula is C25H29N7O4. The summed E-state index contributed by atoms with van der Waals surface area (Å²) >= 11 is 0. The number of hydrogen-bond donors (Lipinski definition) is 2. The third kappa shape index (κ3) is 4.37. The number of methoxy groups -OCH3 is 1. The van der Waals surface area contributed by atoms with Crippen LogP contribution in [0.15, 0.2) is 43.0 Å². The van der Waals surface area contributed by atoms with Crippen LogP contribution in [0.3, 0.4) is 0 Å². The van der Waals surface area contributed by atoms with Crippen molar-refractivity contribution in [3.8, 4) is 5.75 Å². The molecule has 5 rings (SSSR count). The summed E-state index contributed by atoms with van der Waals surface area (Å²) in [6.45, 7) is 1.50. The van der Waals surface area contributed by atoms with Gasteiger partial charge in [-0.3, -0.25) is 14.3 Å². The number of hydrogen-bond acceptors (Lipinski definition) is 7. The first-order valence-corrected chi connectivity index (χ1v) is 12.0. The second-order valence-corrected chi connectivity index (χ2v) is 9.21. The minimum absolute atomic E-state index is 0.109. The van der Waals surface area contributed by atoms with E-state index in [2.05, 4.69) is 15.4 Å². The van der Waals surface area contributed by atoms with Crippen LogP contribution in [0.4, 0.5) is 5.69 Å². The number of nitrogens with one attached hydrogen (secondary N) is 1. The molecule has 0 spiro atoms. The highest BCUT2D eigenvalue weighted by molar-refractivity contribution is 6.09. The van der Waals surface area contributed by atoms with E-state index in [9.17, 15) is 14.7 Å². The van der Waals surface area contributed by atoms with Crippen LogP contribution in [0, 0.1) is 0 Å². The van der Waals surface area contributed by atoms with Gasteiger partial charge in [0.25, 0.3) is 11.8 Å². The first-order valence-electron chi connectivity index (χ1n) is 12.0. The molecule has 1 aliphatic rings. The fourth-order valence-electron chi connectivity index (χ4n) is 4.89. The minimum atomic E-state index is -0.991. The minimum Gasteiger partial charge on any atom is -0.496 e. The summed E-state index contributed by atoms with van der Waals surface area (Å²) < 4.78 is 9.06. The molecule has 0 unspecified atom stereocenters. The van der Waals surface area contributed by atoms with Gasteiger partial charge in [0.05, 0.1) is 30.4 Å². The van der Waals surface area contributed by atoms with Gasteiger partial charge in [0, 0.05) is 43.1 Å². The molecule has 1 aromatic carbocycles. The number of benzene rings is 1. The van der Waals surface area contributed by atoms with Crippen molar-refractivity contribution in [2.75, 3.05) is 19.5 Å². The van der Waals surface area contributed by atoms with Crippen molar-refractivity contribution in [2.45, 2.75) is 50.8 Å². The largest absolute Gasteiger partial charge is 0.496 e. The quantitative estimate of drug-likeness (QED) is 0.425. The molecule has 2 amide bonds. The lowest BCUT2D eigenvalue weighted by atomic mass is 9.90. The Balaban J connectivity index is 1.34. The first-order chi connectivity index (χ1) is 17.4. The highest BCUT2D eigenvalue weighted by Gasteiger charge is 2.29. The number of rotatable bonds is 6. The maximum Gasteiger partial charge on any atom is 0.259 e. The molecule has 2 N–H and O–H groups in total. The van der Waals surface area contributed by atoms with E-state index < -0.39 is 6.10 Å². The summed E-state index contributed by atoms with van der Waals surface area (Å²) in [5.41, 5.74) is 2.19. The van der Waals surface area contributed by atoms with Crippen LogP contribution >= 0.6 is 0 Å². The SMILES string of the molecule is COc1cc2nn([C@H]3CC[C@H](N(C)C(=O)[C@@H](C)O)CC3)cc2cc1C(=O)Nc1cnn2cccnc12. The lowest BCUT2D eigenvalue weighted by Crippen LogP contribution is -2.43. The lowest BCUT2D eigenvalue weighted by Gasteiger charge is -2.35. The molecular weight excluding hydrogens is 462 g/mol. The summed E-state index contributed by atoms with van der Waals surface area (Å²) in [6.07, 6.45) is 9.32. The number of amides is 2. The van der Waals surface area contributed by atoms with Crippen molar-refractivity contribution in [3.63, 3.8) is 0 Å². The number of anilines is 1. The summed E-state index contributed by atoms with van der Waals surface area (Å²) in [4.78, 5) is 31.2. The average Bonchev–Trinajstić information content (AvgIpc) is 3.50. The Morgan fingerprint density at radius 1 is 1.25 bits per heavy atom. The predicted molar refractivity (Wildman–Crippen MR) is 133 cm³/mol. The van der Waals surface area contributed by atoms with Gasteiger partial charge in [-0.2, -0.15) is 10.2 Å². The van der Waals surface area contributed by atoms with Crippen LogP contribution < -0.4 is 10.1 Å². The topological polar surface area (TPSA) is 127 Å². The van der Waals surface area contributed by atoms with Crippen molar-refractivity contribution in [3.05, 3.63) is 48.5 Å². The van der Waals surface area contributed by atoms with Crippen LogP contribution in [0.1, 0.15) is 49.0 Å². The number of carbonyl (C=O) groups is 2. The van der Waals surface area contributed by atoms with E-state index in [4.69, 9.17) is 9.84 Å². The maximum atomic E-state index is 13.2. The van der Waals surface area contributed by atoms with Crippen molar-refractivity contribution in [2.24, 2.45) is 0 Å². The monoisotopic (exact) mass is 491 g/mol. The second kappa shape index (κ2) is 9.57. The maximum absolute atomic E-state index is 13.2. The third-order valence-electron chi connectivity index (χ3n) is 6.91. The van der Waals surface area contributed by atoms with Crippen molar-refractivity contribution >= 4 is 34.1 Å². The second-order valence-electron chi connectivity index (χ2n) is 9.21. The zero-order valence-corrected chi connectivity index (χ0v) is 20.5. The molecule has 0 aliphatic heterocycles. The molecule has 188 valence electrons. The fourth-order valence-corrected chi connectivity index (χ4v) is 4.89. The number of aliphatic hydroxyl groups excluding tert-OH is 1. The number of carbonyl (C=O) groups excluding carboxylic acids is 2. The van der Waals surface area contributed by atoms with E-state index in [0.29, 0.717) is 22.6 Å². The van der Waals surface area contributed by atoms with E-state index in [1.165, 1.54) is 14.0 Å². The van der Waals surface area contributed by atoms with Crippen molar-refractivity contribution in [1.29, 1.82) is 0 Å². The van der Waals surface area contributed by atoms with Crippen LogP contribution in [-0.4, -0.2) is 72.5 Å². The van der Waals surface area contributed by atoms with E-state index in [0.717, 1.165) is 36.6 Å². The van der Waals surface area contributed by atoms with Crippen LogP contribution in [0.25, 0.3) is 16.6 Å². The molecule has 36 heavy (non-hydrogen) atoms. The number of nitrogens with zero attached hydrogens (tertiary/aromatic N) is 6. The lowest BCUT2D eigenvalue weighted by molar-refractivity contribution is -0.140. The summed E-state index contributed by atoms with van der Waals surface area (Å²) in [7, 11) is 3.28. The number of likely N-dealkylation sites (N-methyl/N-ethyl adjacent to an activating group) is 1. The van der Waals surface area contributed by atoms with Gasteiger partial charge in [0.1, 0.15) is 17.5 Å². The zero-order valence-electron chi connectivity index (χ0n) is 20.5. The van der Waals surface area contributed by atoms with Gasteiger partial charge in [-0.1, -0.05) is 0 Å². The summed E-state index contributed by atoms with van der Waals surface area (Å²) in [5, 5.41) is 22.3. The molecule has 3 aromatic heterocycles. The predicted octanol–water partition coefficient (Wildman–Crippen LogP) is 2.66. The van der Waals surface area contributed by atoms with Crippen molar-refractivity contribution < 1.29 is 19.4 Å². The Morgan fingerprint density at radius 3 is 2.75 bits per heavy atom. The average molecular weight is 492 g/mol. The van der Waals surface area contributed by atoms with E-state index in [-0.39, 0.29) is 23.9 Å². The number of ether oxygens (including phenoxy) is 1. The summed E-state index contributed by atoms with van der Waals surface area (Å²) in [5.74, 6) is -0.147. The number of aromatic nitrogens is 5. The van der Waals surface area contributed by atoms with Gasteiger partial charge in [0.15, 0.2) is 5.65 Å². The van der Waals surface area contributed by atoms with Gasteiger partial charge in [-0.25, -0.2) is 9.50 Å².